The lowest BCUT2D eigenvalue weighted by Crippen LogP contribution is -2.33. The first-order valence-corrected chi connectivity index (χ1v) is 12.9. The predicted molar refractivity (Wildman–Crippen MR) is 135 cm³/mol. The number of hydrogen-bond acceptors (Lipinski definition) is 6. The summed E-state index contributed by atoms with van der Waals surface area (Å²) in [5.74, 6) is -0.840. The van der Waals surface area contributed by atoms with Gasteiger partial charge in [-0.1, -0.05) is 19.1 Å². The van der Waals surface area contributed by atoms with Gasteiger partial charge in [-0.15, -0.1) is 11.3 Å². The maximum Gasteiger partial charge on any atom is 0.280 e. The quantitative estimate of drug-likeness (QED) is 0.526. The molecule has 2 aliphatic rings. The number of aromatic nitrogens is 2. The van der Waals surface area contributed by atoms with Gasteiger partial charge < -0.3 is 15.4 Å². The first kappa shape index (κ1) is 23.4. The van der Waals surface area contributed by atoms with E-state index < -0.39 is 11.3 Å². The van der Waals surface area contributed by atoms with E-state index in [0.29, 0.717) is 17.1 Å². The van der Waals surface area contributed by atoms with Crippen molar-refractivity contribution in [3.8, 4) is 5.69 Å². The fraction of sp³-hybridized carbons (Fsp3) is 0.385. The van der Waals surface area contributed by atoms with Gasteiger partial charge in [0.2, 0.25) is 5.43 Å². The van der Waals surface area contributed by atoms with Gasteiger partial charge in [0, 0.05) is 30.3 Å². The minimum Gasteiger partial charge on any atom is -0.376 e. The van der Waals surface area contributed by atoms with E-state index in [1.165, 1.54) is 27.6 Å². The van der Waals surface area contributed by atoms with Gasteiger partial charge in [-0.25, -0.2) is 4.68 Å². The molecule has 0 spiro atoms. The van der Waals surface area contributed by atoms with Crippen LogP contribution in [-0.4, -0.2) is 40.9 Å². The Morgan fingerprint density at radius 3 is 2.71 bits per heavy atom. The lowest BCUT2D eigenvalue weighted by molar-refractivity contribution is 0.0858. The zero-order chi connectivity index (χ0) is 24.4. The molecule has 1 aromatic carbocycles. The Labute approximate surface area is 207 Å². The van der Waals surface area contributed by atoms with E-state index in [9.17, 15) is 14.4 Å². The lowest BCUT2D eigenvalue weighted by Gasteiger charge is -2.13. The summed E-state index contributed by atoms with van der Waals surface area (Å²) >= 11 is 1.41. The molecule has 0 saturated carbocycles. The Morgan fingerprint density at radius 2 is 1.97 bits per heavy atom. The summed E-state index contributed by atoms with van der Waals surface area (Å²) in [7, 11) is 0. The minimum atomic E-state index is -0.623. The second-order valence-electron chi connectivity index (χ2n) is 8.85. The number of nitrogens with one attached hydrogen (secondary N) is 2. The predicted octanol–water partition coefficient (Wildman–Crippen LogP) is 3.51. The van der Waals surface area contributed by atoms with Gasteiger partial charge >= 0.3 is 0 Å². The number of anilines is 1. The fourth-order valence-corrected chi connectivity index (χ4v) is 5.87. The molecule has 0 bridgehead atoms. The third-order valence-electron chi connectivity index (χ3n) is 6.52. The molecule has 9 heteroatoms. The highest BCUT2D eigenvalue weighted by molar-refractivity contribution is 7.17. The van der Waals surface area contributed by atoms with Crippen LogP contribution in [0.25, 0.3) is 5.69 Å². The highest BCUT2D eigenvalue weighted by atomic mass is 32.1. The molecule has 5 rings (SSSR count). The molecular formula is C26H28N4O4S. The van der Waals surface area contributed by atoms with Gasteiger partial charge in [0.05, 0.1) is 17.4 Å². The number of fused-ring (bicyclic) bond motifs is 1. The Morgan fingerprint density at radius 1 is 1.14 bits per heavy atom. The number of amides is 2. The van der Waals surface area contributed by atoms with Gasteiger partial charge in [0.1, 0.15) is 5.00 Å². The topological polar surface area (TPSA) is 102 Å². The Balaban J connectivity index is 1.39. The molecule has 1 saturated heterocycles. The second-order valence-corrected chi connectivity index (χ2v) is 9.96. The van der Waals surface area contributed by atoms with E-state index >= 15 is 0 Å². The first-order valence-electron chi connectivity index (χ1n) is 12.1. The van der Waals surface area contributed by atoms with Gasteiger partial charge in [0.25, 0.3) is 11.8 Å². The minimum absolute atomic E-state index is 0.0297. The molecule has 3 heterocycles. The van der Waals surface area contributed by atoms with Crippen LogP contribution in [0.1, 0.15) is 63.0 Å². The van der Waals surface area contributed by atoms with Crippen molar-refractivity contribution in [1.82, 2.24) is 15.1 Å². The molecule has 2 amide bonds. The van der Waals surface area contributed by atoms with Crippen LogP contribution in [0.5, 0.6) is 0 Å². The van der Waals surface area contributed by atoms with Crippen LogP contribution in [0.3, 0.4) is 0 Å². The summed E-state index contributed by atoms with van der Waals surface area (Å²) in [6.45, 7) is 3.24. The summed E-state index contributed by atoms with van der Waals surface area (Å²) in [5, 5.41) is 10.6. The Hall–Kier alpha value is -3.30. The van der Waals surface area contributed by atoms with Crippen LogP contribution in [0.2, 0.25) is 0 Å². The number of benzene rings is 1. The molecule has 1 fully saturated rings. The highest BCUT2D eigenvalue weighted by Crippen LogP contribution is 2.39. The molecule has 0 radical (unpaired) electrons. The molecule has 2 aromatic heterocycles. The number of carbonyl (C=O) groups excluding carboxylic acids is 2. The number of thiophene rings is 1. The monoisotopic (exact) mass is 492 g/mol. The second kappa shape index (κ2) is 10.1. The van der Waals surface area contributed by atoms with Gasteiger partial charge in [-0.2, -0.15) is 5.10 Å². The van der Waals surface area contributed by atoms with Crippen molar-refractivity contribution in [3.63, 3.8) is 0 Å². The van der Waals surface area contributed by atoms with Gasteiger partial charge in [-0.3, -0.25) is 14.4 Å². The number of rotatable bonds is 7. The van der Waals surface area contributed by atoms with E-state index in [2.05, 4.69) is 22.7 Å². The van der Waals surface area contributed by atoms with Crippen molar-refractivity contribution < 1.29 is 14.3 Å². The highest BCUT2D eigenvalue weighted by Gasteiger charge is 2.29. The van der Waals surface area contributed by atoms with Crippen molar-refractivity contribution in [2.24, 2.45) is 0 Å². The van der Waals surface area contributed by atoms with Crippen LogP contribution < -0.4 is 16.1 Å². The number of carbonyl (C=O) groups is 2. The maximum atomic E-state index is 13.2. The van der Waals surface area contributed by atoms with Gasteiger partial charge in [0.15, 0.2) is 5.69 Å². The summed E-state index contributed by atoms with van der Waals surface area (Å²) in [4.78, 5) is 39.9. The average Bonchev–Trinajstić information content (AvgIpc) is 3.61. The number of nitrogens with zero attached hydrogens (tertiary/aromatic N) is 2. The zero-order valence-electron chi connectivity index (χ0n) is 19.6. The SMILES string of the molecule is CCc1ccc(-n2ccc(=O)c(C(=O)Nc3sc4c(c3C(=O)NC[C@H]3CCCO3)CCC4)n2)cc1. The third-order valence-corrected chi connectivity index (χ3v) is 7.73. The Kier molecular flexibility index (Phi) is 6.79. The zero-order valence-corrected chi connectivity index (χ0v) is 20.5. The molecule has 2 N–H and O–H groups in total. The Bertz CT molecular complexity index is 1310. The van der Waals surface area contributed by atoms with Crippen LogP contribution in [0.4, 0.5) is 5.00 Å². The normalized spacial score (nSPS) is 16.8. The number of aryl methyl sites for hydroxylation is 2. The molecule has 1 aliphatic heterocycles. The largest absolute Gasteiger partial charge is 0.376 e. The smallest absolute Gasteiger partial charge is 0.280 e. The first-order chi connectivity index (χ1) is 17.0. The van der Waals surface area contributed by atoms with Crippen molar-refractivity contribution in [2.45, 2.75) is 51.6 Å². The molecule has 1 atom stereocenters. The number of hydrogen-bond donors (Lipinski definition) is 2. The molecule has 182 valence electrons. The average molecular weight is 493 g/mol. The molecule has 35 heavy (non-hydrogen) atoms. The van der Waals surface area contributed by atoms with E-state index in [1.54, 1.807) is 6.20 Å². The van der Waals surface area contributed by atoms with Crippen LogP contribution in [0, 0.1) is 0 Å². The van der Waals surface area contributed by atoms with E-state index in [4.69, 9.17) is 4.74 Å². The van der Waals surface area contributed by atoms with Crippen molar-refractivity contribution in [1.29, 1.82) is 0 Å². The number of ether oxygens (including phenoxy) is 1. The van der Waals surface area contributed by atoms with Gasteiger partial charge in [-0.05, 0) is 61.8 Å². The van der Waals surface area contributed by atoms with Crippen molar-refractivity contribution >= 4 is 28.2 Å². The summed E-state index contributed by atoms with van der Waals surface area (Å²) in [6.07, 6.45) is 7.09. The summed E-state index contributed by atoms with van der Waals surface area (Å²) in [6, 6.07) is 9.11. The molecular weight excluding hydrogens is 464 g/mol. The maximum absolute atomic E-state index is 13.2. The third kappa shape index (κ3) is 4.92. The van der Waals surface area contributed by atoms with Crippen LogP contribution in [0.15, 0.2) is 41.3 Å². The van der Waals surface area contributed by atoms with Crippen molar-refractivity contribution in [2.75, 3.05) is 18.5 Å². The van der Waals surface area contributed by atoms with E-state index in [0.717, 1.165) is 61.3 Å². The molecule has 8 nitrogen and oxygen atoms in total. The van der Waals surface area contributed by atoms with E-state index in [1.807, 2.05) is 24.3 Å². The van der Waals surface area contributed by atoms with Crippen LogP contribution in [-0.2, 0) is 24.0 Å². The lowest BCUT2D eigenvalue weighted by atomic mass is 10.1. The summed E-state index contributed by atoms with van der Waals surface area (Å²) in [5.41, 5.74) is 2.73. The summed E-state index contributed by atoms with van der Waals surface area (Å²) < 4.78 is 7.13. The van der Waals surface area contributed by atoms with Crippen LogP contribution >= 0.6 is 11.3 Å². The molecule has 0 unspecified atom stereocenters. The standard InChI is InChI=1S/C26H28N4O4S/c1-2-16-8-10-17(11-9-16)30-13-12-20(31)23(29-30)25(33)28-26-22(19-6-3-7-21(19)35-26)24(32)27-15-18-5-4-14-34-18/h8-13,18H,2-7,14-15H2,1H3,(H,27,32)(H,28,33)/t18-/m1/s1. The van der Waals surface area contributed by atoms with E-state index in [-0.39, 0.29) is 17.7 Å². The fourth-order valence-electron chi connectivity index (χ4n) is 4.59. The van der Waals surface area contributed by atoms with Crippen molar-refractivity contribution in [3.05, 3.63) is 74.0 Å². The molecule has 1 aliphatic carbocycles. The molecule has 3 aromatic rings.